The van der Waals surface area contributed by atoms with Gasteiger partial charge < -0.3 is 14.2 Å². The minimum atomic E-state index is -0.853. The fourth-order valence-electron chi connectivity index (χ4n) is 3.71. The lowest BCUT2D eigenvalue weighted by Crippen LogP contribution is -2.54. The SMILES string of the molecule is C=CCOc1c(Cl)cc(/C=C2\C(=O)NC(=O)N(c3ccc(OCc4ccc(C)cc4)cc3)C2=O)cc1OC. The summed E-state index contributed by atoms with van der Waals surface area (Å²) in [5, 5.41) is 2.42. The van der Waals surface area contributed by atoms with Gasteiger partial charge in [-0.2, -0.15) is 0 Å². The number of ether oxygens (including phenoxy) is 3. The zero-order chi connectivity index (χ0) is 27.2. The number of barbiturate groups is 1. The molecule has 0 bridgehead atoms. The number of hydrogen-bond acceptors (Lipinski definition) is 6. The molecule has 1 heterocycles. The fourth-order valence-corrected chi connectivity index (χ4v) is 3.98. The minimum Gasteiger partial charge on any atom is -0.493 e. The van der Waals surface area contributed by atoms with E-state index in [1.165, 1.54) is 19.3 Å². The number of aryl methyl sites for hydroxylation is 1. The van der Waals surface area contributed by atoms with Gasteiger partial charge in [0.1, 0.15) is 24.5 Å². The first-order valence-corrected chi connectivity index (χ1v) is 12.0. The lowest BCUT2D eigenvalue weighted by molar-refractivity contribution is -0.122. The Morgan fingerprint density at radius 2 is 1.71 bits per heavy atom. The van der Waals surface area contributed by atoms with Crippen LogP contribution >= 0.6 is 11.6 Å². The van der Waals surface area contributed by atoms with Crippen LogP contribution < -0.4 is 24.4 Å². The van der Waals surface area contributed by atoms with Gasteiger partial charge in [0.25, 0.3) is 11.8 Å². The Kier molecular flexibility index (Phi) is 8.13. The van der Waals surface area contributed by atoms with Gasteiger partial charge in [0, 0.05) is 0 Å². The predicted molar refractivity (Wildman–Crippen MR) is 145 cm³/mol. The maximum Gasteiger partial charge on any atom is 0.335 e. The van der Waals surface area contributed by atoms with E-state index < -0.39 is 17.8 Å². The van der Waals surface area contributed by atoms with Crippen molar-refractivity contribution in [2.45, 2.75) is 13.5 Å². The predicted octanol–water partition coefficient (Wildman–Crippen LogP) is 5.47. The number of halogens is 1. The van der Waals surface area contributed by atoms with Crippen LogP contribution in [0.5, 0.6) is 17.2 Å². The molecule has 9 heteroatoms. The van der Waals surface area contributed by atoms with Crippen LogP contribution in [0.25, 0.3) is 6.08 Å². The minimum absolute atomic E-state index is 0.213. The molecule has 3 aromatic carbocycles. The van der Waals surface area contributed by atoms with E-state index in [1.807, 2.05) is 31.2 Å². The molecule has 0 aromatic heterocycles. The van der Waals surface area contributed by atoms with Crippen molar-refractivity contribution in [3.05, 3.63) is 101 Å². The Labute approximate surface area is 225 Å². The lowest BCUT2D eigenvalue weighted by Gasteiger charge is -2.26. The lowest BCUT2D eigenvalue weighted by atomic mass is 10.1. The highest BCUT2D eigenvalue weighted by molar-refractivity contribution is 6.39. The van der Waals surface area contributed by atoms with Crippen LogP contribution in [-0.4, -0.2) is 31.6 Å². The zero-order valence-electron chi connectivity index (χ0n) is 20.8. The molecule has 3 aromatic rings. The van der Waals surface area contributed by atoms with E-state index in [4.69, 9.17) is 25.8 Å². The Bertz CT molecular complexity index is 1410. The molecule has 38 heavy (non-hydrogen) atoms. The Balaban J connectivity index is 1.55. The number of anilines is 1. The molecular formula is C29H25ClN2O6. The molecule has 1 aliphatic heterocycles. The number of urea groups is 1. The molecule has 0 radical (unpaired) electrons. The molecule has 1 aliphatic rings. The third-order valence-corrected chi connectivity index (χ3v) is 5.91. The summed E-state index contributed by atoms with van der Waals surface area (Å²) in [4.78, 5) is 39.3. The summed E-state index contributed by atoms with van der Waals surface area (Å²) in [6.45, 7) is 6.19. The normalized spacial score (nSPS) is 14.3. The second kappa shape index (κ2) is 11.7. The molecule has 194 valence electrons. The molecule has 1 saturated heterocycles. The van der Waals surface area contributed by atoms with E-state index in [9.17, 15) is 14.4 Å². The van der Waals surface area contributed by atoms with E-state index in [0.717, 1.165) is 16.0 Å². The molecule has 1 N–H and O–H groups in total. The highest BCUT2D eigenvalue weighted by Gasteiger charge is 2.37. The molecule has 0 spiro atoms. The van der Waals surface area contributed by atoms with Crippen LogP contribution in [0.3, 0.4) is 0 Å². The number of hydrogen-bond donors (Lipinski definition) is 1. The van der Waals surface area contributed by atoms with Crippen LogP contribution in [0.2, 0.25) is 5.02 Å². The third-order valence-electron chi connectivity index (χ3n) is 5.63. The van der Waals surface area contributed by atoms with E-state index in [0.29, 0.717) is 29.4 Å². The van der Waals surface area contributed by atoms with Crippen LogP contribution in [0.15, 0.2) is 78.9 Å². The summed E-state index contributed by atoms with van der Waals surface area (Å²) in [5.41, 5.74) is 2.60. The average molecular weight is 533 g/mol. The Hall–Kier alpha value is -4.56. The summed E-state index contributed by atoms with van der Waals surface area (Å²) in [6.07, 6.45) is 2.90. The van der Waals surface area contributed by atoms with Gasteiger partial charge >= 0.3 is 6.03 Å². The number of amides is 4. The first kappa shape index (κ1) is 26.5. The van der Waals surface area contributed by atoms with Gasteiger partial charge in [-0.1, -0.05) is 54.1 Å². The van der Waals surface area contributed by atoms with Crippen molar-refractivity contribution < 1.29 is 28.6 Å². The van der Waals surface area contributed by atoms with Gasteiger partial charge in [-0.3, -0.25) is 14.9 Å². The average Bonchev–Trinajstić information content (AvgIpc) is 2.90. The summed E-state index contributed by atoms with van der Waals surface area (Å²) in [5.74, 6) is -0.432. The summed E-state index contributed by atoms with van der Waals surface area (Å²) >= 11 is 6.34. The number of imide groups is 2. The van der Waals surface area contributed by atoms with Gasteiger partial charge in [-0.25, -0.2) is 9.69 Å². The van der Waals surface area contributed by atoms with Crippen LogP contribution in [0.4, 0.5) is 10.5 Å². The topological polar surface area (TPSA) is 94.2 Å². The number of methoxy groups -OCH3 is 1. The van der Waals surface area contributed by atoms with Gasteiger partial charge in [0.2, 0.25) is 0 Å². The van der Waals surface area contributed by atoms with Gasteiger partial charge in [-0.05, 0) is 60.5 Å². The van der Waals surface area contributed by atoms with Crippen LogP contribution in [0, 0.1) is 6.92 Å². The van der Waals surface area contributed by atoms with Gasteiger partial charge in [0.15, 0.2) is 11.5 Å². The molecule has 8 nitrogen and oxygen atoms in total. The third kappa shape index (κ3) is 5.87. The van der Waals surface area contributed by atoms with E-state index >= 15 is 0 Å². The van der Waals surface area contributed by atoms with Gasteiger partial charge in [-0.15, -0.1) is 0 Å². The molecule has 0 saturated carbocycles. The van der Waals surface area contributed by atoms with E-state index in [-0.39, 0.29) is 22.9 Å². The van der Waals surface area contributed by atoms with Crippen molar-refractivity contribution in [1.82, 2.24) is 5.32 Å². The molecule has 0 atom stereocenters. The van der Waals surface area contributed by atoms with Crippen molar-refractivity contribution in [3.8, 4) is 17.2 Å². The smallest absolute Gasteiger partial charge is 0.335 e. The molecule has 0 unspecified atom stereocenters. The number of carbonyl (C=O) groups excluding carboxylic acids is 3. The maximum absolute atomic E-state index is 13.3. The van der Waals surface area contributed by atoms with Gasteiger partial charge in [0.05, 0.1) is 17.8 Å². The Morgan fingerprint density at radius 1 is 1.00 bits per heavy atom. The number of benzene rings is 3. The largest absolute Gasteiger partial charge is 0.493 e. The van der Waals surface area contributed by atoms with Crippen molar-refractivity contribution in [2.24, 2.45) is 0 Å². The van der Waals surface area contributed by atoms with Crippen molar-refractivity contribution in [2.75, 3.05) is 18.6 Å². The quantitative estimate of drug-likeness (QED) is 0.223. The highest BCUT2D eigenvalue weighted by Crippen LogP contribution is 2.37. The summed E-state index contributed by atoms with van der Waals surface area (Å²) in [6, 6.07) is 16.7. The number of nitrogens with zero attached hydrogens (tertiary/aromatic N) is 1. The molecule has 4 amide bonds. The van der Waals surface area contributed by atoms with Crippen LogP contribution in [0.1, 0.15) is 16.7 Å². The second-order valence-electron chi connectivity index (χ2n) is 8.36. The molecule has 0 aliphatic carbocycles. The standard InChI is InChI=1S/C29H25ClN2O6/c1-4-13-37-26-24(30)15-20(16-25(26)36-3)14-23-27(33)31-29(35)32(28(23)34)21-9-11-22(12-10-21)38-17-19-7-5-18(2)6-8-19/h4-12,14-16H,1,13,17H2,2-3H3,(H,31,33,35)/b23-14+. The second-order valence-corrected chi connectivity index (χ2v) is 8.77. The van der Waals surface area contributed by atoms with Crippen molar-refractivity contribution in [1.29, 1.82) is 0 Å². The molecule has 4 rings (SSSR count). The number of nitrogens with one attached hydrogen (secondary N) is 1. The maximum atomic E-state index is 13.3. The summed E-state index contributed by atoms with van der Waals surface area (Å²) < 4.78 is 16.7. The molecule has 1 fully saturated rings. The van der Waals surface area contributed by atoms with E-state index in [2.05, 4.69) is 11.9 Å². The number of rotatable bonds is 9. The zero-order valence-corrected chi connectivity index (χ0v) is 21.6. The first-order chi connectivity index (χ1) is 18.3. The molecular weight excluding hydrogens is 508 g/mol. The van der Waals surface area contributed by atoms with Crippen molar-refractivity contribution >= 4 is 41.2 Å². The first-order valence-electron chi connectivity index (χ1n) is 11.6. The summed E-state index contributed by atoms with van der Waals surface area (Å²) in [7, 11) is 1.44. The fraction of sp³-hybridized carbons (Fsp3) is 0.138. The van der Waals surface area contributed by atoms with Crippen molar-refractivity contribution in [3.63, 3.8) is 0 Å². The highest BCUT2D eigenvalue weighted by atomic mass is 35.5. The van der Waals surface area contributed by atoms with Crippen LogP contribution in [-0.2, 0) is 16.2 Å². The number of carbonyl (C=O) groups is 3. The van der Waals surface area contributed by atoms with E-state index in [1.54, 1.807) is 36.4 Å². The Morgan fingerprint density at radius 3 is 2.37 bits per heavy atom. The monoisotopic (exact) mass is 532 g/mol.